The highest BCUT2D eigenvalue weighted by Crippen LogP contribution is 2.40. The average molecular weight is 336 g/mol. The van der Waals surface area contributed by atoms with Crippen molar-refractivity contribution >= 4 is 33.6 Å². The van der Waals surface area contributed by atoms with Gasteiger partial charge in [-0.3, -0.25) is 4.79 Å². The third-order valence-electron chi connectivity index (χ3n) is 2.72. The first-order valence-corrected chi connectivity index (χ1v) is 7.22. The van der Waals surface area contributed by atoms with Gasteiger partial charge in [0.1, 0.15) is 0 Å². The van der Waals surface area contributed by atoms with Gasteiger partial charge in [-0.05, 0) is 52.7 Å². The lowest BCUT2D eigenvalue weighted by Crippen LogP contribution is -2.39. The molecule has 1 aliphatic heterocycles. The Bertz CT molecular complexity index is 449. The van der Waals surface area contributed by atoms with Crippen LogP contribution < -0.4 is 0 Å². The third kappa shape index (κ3) is 3.03. The summed E-state index contributed by atoms with van der Waals surface area (Å²) in [6.45, 7) is 0.871. The summed E-state index contributed by atoms with van der Waals surface area (Å²) in [5.74, 6) is -1.08. The van der Waals surface area contributed by atoms with Gasteiger partial charge in [0, 0.05) is 22.5 Å². The van der Waals surface area contributed by atoms with Crippen LogP contribution in [0.1, 0.15) is 12.8 Å². The number of benzene rings is 1. The zero-order chi connectivity index (χ0) is 13.2. The lowest BCUT2D eigenvalue weighted by molar-refractivity contribution is -0.145. The summed E-state index contributed by atoms with van der Waals surface area (Å²) < 4.78 is 28.3. The van der Waals surface area contributed by atoms with E-state index in [4.69, 9.17) is 0 Å². The quantitative estimate of drug-likeness (QED) is 0.784. The number of hydrogen-bond acceptors (Lipinski definition) is 2. The van der Waals surface area contributed by atoms with E-state index in [1.54, 1.807) is 24.3 Å². The van der Waals surface area contributed by atoms with E-state index in [9.17, 15) is 13.6 Å². The van der Waals surface area contributed by atoms with Crippen molar-refractivity contribution in [1.82, 2.24) is 4.90 Å². The molecule has 1 aromatic rings. The number of alkyl halides is 2. The summed E-state index contributed by atoms with van der Waals surface area (Å²) in [4.78, 5) is 13.3. The van der Waals surface area contributed by atoms with E-state index < -0.39 is 11.2 Å². The maximum Gasteiger partial charge on any atom is 0.375 e. The average Bonchev–Trinajstić information content (AvgIpc) is 2.84. The zero-order valence-corrected chi connectivity index (χ0v) is 11.9. The molecule has 0 bridgehead atoms. The van der Waals surface area contributed by atoms with Crippen molar-refractivity contribution in [2.45, 2.75) is 23.0 Å². The number of carbonyl (C=O) groups is 1. The normalized spacial score (nSPS) is 16.1. The van der Waals surface area contributed by atoms with Crippen LogP contribution in [-0.4, -0.2) is 29.2 Å². The fourth-order valence-corrected chi connectivity index (χ4v) is 3.15. The Balaban J connectivity index is 2.11. The minimum absolute atomic E-state index is 0.296. The molecule has 6 heteroatoms. The predicted octanol–water partition coefficient (Wildman–Crippen LogP) is 3.76. The van der Waals surface area contributed by atoms with Crippen molar-refractivity contribution in [2.75, 3.05) is 13.1 Å². The number of thioether (sulfide) groups is 1. The van der Waals surface area contributed by atoms with Crippen LogP contribution in [0.2, 0.25) is 0 Å². The smallest absolute Gasteiger partial charge is 0.337 e. The van der Waals surface area contributed by atoms with Crippen molar-refractivity contribution in [1.29, 1.82) is 0 Å². The number of hydrogen-bond donors (Lipinski definition) is 0. The first-order chi connectivity index (χ1) is 8.50. The van der Waals surface area contributed by atoms with Gasteiger partial charge in [-0.2, -0.15) is 8.78 Å². The van der Waals surface area contributed by atoms with Crippen molar-refractivity contribution in [3.05, 3.63) is 28.7 Å². The molecule has 1 saturated heterocycles. The van der Waals surface area contributed by atoms with E-state index in [2.05, 4.69) is 15.9 Å². The molecular weight excluding hydrogens is 324 g/mol. The molecule has 0 atom stereocenters. The number of halogens is 3. The fraction of sp³-hybridized carbons (Fsp3) is 0.417. The topological polar surface area (TPSA) is 20.3 Å². The summed E-state index contributed by atoms with van der Waals surface area (Å²) >= 11 is 3.50. The van der Waals surface area contributed by atoms with Crippen LogP contribution in [0.25, 0.3) is 0 Å². The molecule has 2 nitrogen and oxygen atoms in total. The SMILES string of the molecule is O=C(N1CCCC1)C(F)(F)Sc1ccccc1Br. The molecule has 1 aliphatic rings. The van der Waals surface area contributed by atoms with Gasteiger partial charge in [0.05, 0.1) is 0 Å². The van der Waals surface area contributed by atoms with E-state index in [1.807, 2.05) is 0 Å². The summed E-state index contributed by atoms with van der Waals surface area (Å²) in [7, 11) is 0. The molecule has 0 N–H and O–H groups in total. The number of likely N-dealkylation sites (tertiary alicyclic amines) is 1. The van der Waals surface area contributed by atoms with Crippen LogP contribution >= 0.6 is 27.7 Å². The van der Waals surface area contributed by atoms with Crippen LogP contribution in [0, 0.1) is 0 Å². The minimum Gasteiger partial charge on any atom is -0.337 e. The highest BCUT2D eigenvalue weighted by Gasteiger charge is 2.44. The number of carbonyl (C=O) groups excluding carboxylic acids is 1. The summed E-state index contributed by atoms with van der Waals surface area (Å²) in [6.07, 6.45) is 1.61. The van der Waals surface area contributed by atoms with Crippen LogP contribution in [0.15, 0.2) is 33.6 Å². The first-order valence-electron chi connectivity index (χ1n) is 5.61. The maximum absolute atomic E-state index is 13.9. The molecule has 0 aromatic heterocycles. The Hall–Kier alpha value is -0.620. The molecule has 2 rings (SSSR count). The van der Waals surface area contributed by atoms with Crippen molar-refractivity contribution in [2.24, 2.45) is 0 Å². The van der Waals surface area contributed by atoms with Crippen LogP contribution in [0.4, 0.5) is 8.78 Å². The largest absolute Gasteiger partial charge is 0.375 e. The summed E-state index contributed by atoms with van der Waals surface area (Å²) in [6, 6.07) is 6.66. The Labute approximate surface area is 117 Å². The molecule has 98 valence electrons. The van der Waals surface area contributed by atoms with Crippen molar-refractivity contribution in [3.8, 4) is 0 Å². The summed E-state index contributed by atoms with van der Waals surface area (Å²) in [5, 5.41) is -3.41. The zero-order valence-electron chi connectivity index (χ0n) is 9.54. The van der Waals surface area contributed by atoms with Crippen LogP contribution in [0.3, 0.4) is 0 Å². The second-order valence-corrected chi connectivity index (χ2v) is 6.06. The molecule has 0 aliphatic carbocycles. The Morgan fingerprint density at radius 1 is 1.28 bits per heavy atom. The predicted molar refractivity (Wildman–Crippen MR) is 70.8 cm³/mol. The second kappa shape index (κ2) is 5.57. The van der Waals surface area contributed by atoms with Gasteiger partial charge in [0.15, 0.2) is 0 Å². The minimum atomic E-state index is -3.41. The molecule has 1 fully saturated rings. The van der Waals surface area contributed by atoms with Gasteiger partial charge < -0.3 is 4.90 Å². The Kier molecular flexibility index (Phi) is 4.27. The van der Waals surface area contributed by atoms with E-state index in [0.717, 1.165) is 12.8 Å². The van der Waals surface area contributed by atoms with Gasteiger partial charge in [-0.15, -0.1) is 0 Å². The van der Waals surface area contributed by atoms with E-state index in [1.165, 1.54) is 4.90 Å². The monoisotopic (exact) mass is 335 g/mol. The second-order valence-electron chi connectivity index (χ2n) is 4.05. The number of rotatable bonds is 3. The maximum atomic E-state index is 13.9. The molecule has 1 heterocycles. The Morgan fingerprint density at radius 2 is 1.89 bits per heavy atom. The van der Waals surface area contributed by atoms with Crippen molar-refractivity contribution in [3.63, 3.8) is 0 Å². The number of amides is 1. The fourth-order valence-electron chi connectivity index (χ4n) is 1.81. The van der Waals surface area contributed by atoms with Gasteiger partial charge >= 0.3 is 11.2 Å². The molecule has 1 amide bonds. The van der Waals surface area contributed by atoms with Crippen LogP contribution in [-0.2, 0) is 4.79 Å². The first kappa shape index (κ1) is 13.8. The lowest BCUT2D eigenvalue weighted by atomic mass is 10.4. The molecule has 1 aromatic carbocycles. The molecule has 0 unspecified atom stereocenters. The lowest BCUT2D eigenvalue weighted by Gasteiger charge is -2.22. The standard InChI is InChI=1S/C12H12BrF2NOS/c13-9-5-1-2-6-10(9)18-12(14,15)11(17)16-7-3-4-8-16/h1-2,5-6H,3-4,7-8H2. The van der Waals surface area contributed by atoms with Gasteiger partial charge in [-0.1, -0.05) is 12.1 Å². The highest BCUT2D eigenvalue weighted by atomic mass is 79.9. The van der Waals surface area contributed by atoms with E-state index in [-0.39, 0.29) is 0 Å². The number of nitrogens with zero attached hydrogens (tertiary/aromatic N) is 1. The van der Waals surface area contributed by atoms with Gasteiger partial charge in [0.25, 0.3) is 0 Å². The third-order valence-corrected chi connectivity index (χ3v) is 4.68. The molecule has 0 radical (unpaired) electrons. The highest BCUT2D eigenvalue weighted by molar-refractivity contribution is 9.10. The molecular formula is C12H12BrF2NOS. The van der Waals surface area contributed by atoms with E-state index in [0.29, 0.717) is 34.2 Å². The molecule has 0 saturated carbocycles. The summed E-state index contributed by atoms with van der Waals surface area (Å²) in [5.41, 5.74) is 0. The van der Waals surface area contributed by atoms with Crippen LogP contribution in [0.5, 0.6) is 0 Å². The van der Waals surface area contributed by atoms with Crippen molar-refractivity contribution < 1.29 is 13.6 Å². The molecule has 0 spiro atoms. The van der Waals surface area contributed by atoms with Gasteiger partial charge in [-0.25, -0.2) is 0 Å². The van der Waals surface area contributed by atoms with E-state index >= 15 is 0 Å². The van der Waals surface area contributed by atoms with Gasteiger partial charge in [0.2, 0.25) is 0 Å². The Morgan fingerprint density at radius 3 is 2.50 bits per heavy atom. The molecule has 18 heavy (non-hydrogen) atoms.